The van der Waals surface area contributed by atoms with Gasteiger partial charge in [-0.3, -0.25) is 0 Å². The molecule has 132 valence electrons. The van der Waals surface area contributed by atoms with Crippen molar-refractivity contribution < 1.29 is 9.84 Å². The predicted octanol–water partition coefficient (Wildman–Crippen LogP) is 5.15. The van der Waals surface area contributed by atoms with Crippen molar-refractivity contribution >= 4 is 0 Å². The summed E-state index contributed by atoms with van der Waals surface area (Å²) < 4.78 is 5.69. The highest BCUT2D eigenvalue weighted by Crippen LogP contribution is 2.69. The molecule has 24 heavy (non-hydrogen) atoms. The van der Waals surface area contributed by atoms with E-state index in [0.717, 1.165) is 29.1 Å². The molecular weight excluding hydrogens is 296 g/mol. The highest BCUT2D eigenvalue weighted by molar-refractivity contribution is 5.41. The van der Waals surface area contributed by atoms with Gasteiger partial charge >= 0.3 is 0 Å². The number of para-hydroxylation sites is 1. The molecule has 5 rings (SSSR count). The van der Waals surface area contributed by atoms with Gasteiger partial charge in [-0.05, 0) is 67.8 Å². The minimum Gasteiger partial charge on any atom is -0.496 e. The first-order chi connectivity index (χ1) is 11.3. The van der Waals surface area contributed by atoms with Gasteiger partial charge in [0.25, 0.3) is 0 Å². The summed E-state index contributed by atoms with van der Waals surface area (Å²) in [5.41, 5.74) is -0.0631. The Balaban J connectivity index is 1.89. The van der Waals surface area contributed by atoms with E-state index in [-0.39, 0.29) is 10.8 Å². The molecule has 1 N–H and O–H groups in total. The molecule has 0 heterocycles. The van der Waals surface area contributed by atoms with Crippen LogP contribution in [0.2, 0.25) is 0 Å². The second kappa shape index (κ2) is 5.24. The van der Waals surface area contributed by atoms with E-state index in [1.807, 2.05) is 12.1 Å². The maximum absolute atomic E-state index is 12.4. The fourth-order valence-corrected chi connectivity index (χ4v) is 6.98. The van der Waals surface area contributed by atoms with E-state index in [1.54, 1.807) is 7.11 Å². The van der Waals surface area contributed by atoms with Crippen LogP contribution in [0.25, 0.3) is 0 Å². The molecule has 0 radical (unpaired) electrons. The zero-order valence-corrected chi connectivity index (χ0v) is 15.6. The molecule has 0 unspecified atom stereocenters. The number of ether oxygens (including phenoxy) is 1. The molecule has 0 aliphatic heterocycles. The molecule has 0 amide bonds. The van der Waals surface area contributed by atoms with Gasteiger partial charge < -0.3 is 9.84 Å². The normalized spacial score (nSPS) is 37.3. The first-order valence-corrected chi connectivity index (χ1v) is 9.65. The topological polar surface area (TPSA) is 29.5 Å². The minimum atomic E-state index is -0.845. The van der Waals surface area contributed by atoms with Crippen LogP contribution in [0.3, 0.4) is 0 Å². The third-order valence-electron chi connectivity index (χ3n) is 7.39. The van der Waals surface area contributed by atoms with Gasteiger partial charge in [0, 0.05) is 11.0 Å². The molecule has 1 aromatic carbocycles. The van der Waals surface area contributed by atoms with Crippen LogP contribution in [-0.2, 0) is 5.60 Å². The van der Waals surface area contributed by atoms with Crippen molar-refractivity contribution in [2.45, 2.75) is 64.9 Å². The molecule has 1 atom stereocenters. The predicted molar refractivity (Wildman–Crippen MR) is 97.0 cm³/mol. The molecule has 4 aliphatic carbocycles. The molecule has 2 nitrogen and oxygen atoms in total. The van der Waals surface area contributed by atoms with Gasteiger partial charge in [0.1, 0.15) is 11.4 Å². The molecule has 4 fully saturated rings. The summed E-state index contributed by atoms with van der Waals surface area (Å²) >= 11 is 0. The number of rotatable bonds is 3. The minimum absolute atomic E-state index is 0.00856. The van der Waals surface area contributed by atoms with Crippen LogP contribution in [-0.4, -0.2) is 12.2 Å². The van der Waals surface area contributed by atoms with E-state index in [2.05, 4.69) is 32.9 Å². The lowest BCUT2D eigenvalue weighted by atomic mass is 9.41. The lowest BCUT2D eigenvalue weighted by Gasteiger charge is -2.65. The summed E-state index contributed by atoms with van der Waals surface area (Å²) in [5.74, 6) is 3.30. The fraction of sp³-hybridized carbons (Fsp3) is 0.727. The largest absolute Gasteiger partial charge is 0.496 e. The van der Waals surface area contributed by atoms with Gasteiger partial charge in [-0.1, -0.05) is 39.0 Å². The molecular formula is C22H32O2. The van der Waals surface area contributed by atoms with Crippen molar-refractivity contribution in [3.05, 3.63) is 29.8 Å². The van der Waals surface area contributed by atoms with Crippen molar-refractivity contribution in [1.29, 1.82) is 0 Å². The average molecular weight is 328 g/mol. The van der Waals surface area contributed by atoms with Crippen LogP contribution >= 0.6 is 0 Å². The van der Waals surface area contributed by atoms with Crippen molar-refractivity contribution in [2.75, 3.05) is 7.11 Å². The smallest absolute Gasteiger partial charge is 0.124 e. The lowest BCUT2D eigenvalue weighted by molar-refractivity contribution is -0.230. The molecule has 0 aromatic heterocycles. The first-order valence-electron chi connectivity index (χ1n) is 9.65. The highest BCUT2D eigenvalue weighted by Gasteiger charge is 2.64. The Morgan fingerprint density at radius 3 is 1.92 bits per heavy atom. The second-order valence-electron chi connectivity index (χ2n) is 9.86. The molecule has 0 saturated heterocycles. The molecule has 2 heteroatoms. The number of benzene rings is 1. The number of hydrogen-bond acceptors (Lipinski definition) is 2. The maximum Gasteiger partial charge on any atom is 0.124 e. The molecule has 0 spiro atoms. The average Bonchev–Trinajstić information content (AvgIpc) is 2.51. The third-order valence-corrected chi connectivity index (χ3v) is 7.39. The fourth-order valence-electron chi connectivity index (χ4n) is 6.98. The Kier molecular flexibility index (Phi) is 3.59. The zero-order valence-electron chi connectivity index (χ0n) is 15.6. The lowest BCUT2D eigenvalue weighted by Crippen LogP contribution is -2.61. The molecule has 4 aliphatic rings. The van der Waals surface area contributed by atoms with E-state index >= 15 is 0 Å². The Morgan fingerprint density at radius 2 is 1.46 bits per heavy atom. The van der Waals surface area contributed by atoms with E-state index in [1.165, 1.54) is 38.5 Å². The summed E-state index contributed by atoms with van der Waals surface area (Å²) in [6, 6.07) is 8.16. The number of hydrogen-bond donors (Lipinski definition) is 1. The Hall–Kier alpha value is -1.02. The van der Waals surface area contributed by atoms with Crippen LogP contribution in [0.1, 0.15) is 64.9 Å². The second-order valence-corrected chi connectivity index (χ2v) is 9.86. The Labute approximate surface area is 146 Å². The van der Waals surface area contributed by atoms with Crippen LogP contribution in [0.5, 0.6) is 5.75 Å². The summed E-state index contributed by atoms with van der Waals surface area (Å²) in [7, 11) is 1.72. The van der Waals surface area contributed by atoms with Gasteiger partial charge in [-0.25, -0.2) is 0 Å². The van der Waals surface area contributed by atoms with E-state index in [4.69, 9.17) is 4.74 Å². The Morgan fingerprint density at radius 1 is 0.958 bits per heavy atom. The summed E-state index contributed by atoms with van der Waals surface area (Å²) in [6.07, 6.45) is 7.74. The van der Waals surface area contributed by atoms with E-state index in [9.17, 15) is 5.11 Å². The SMILES string of the molecule is COc1ccccc1[C@@](O)(C(C)(C)C)C12CC3CC(CC(C3)C1)C2. The molecule has 4 saturated carbocycles. The zero-order chi connectivity index (χ0) is 17.2. The van der Waals surface area contributed by atoms with Gasteiger partial charge in [-0.15, -0.1) is 0 Å². The van der Waals surface area contributed by atoms with E-state index in [0.29, 0.717) is 0 Å². The van der Waals surface area contributed by atoms with Crippen LogP contribution in [0, 0.1) is 28.6 Å². The van der Waals surface area contributed by atoms with Gasteiger partial charge in [0.2, 0.25) is 0 Å². The van der Waals surface area contributed by atoms with E-state index < -0.39 is 5.60 Å². The molecule has 4 bridgehead atoms. The van der Waals surface area contributed by atoms with Crippen LogP contribution < -0.4 is 4.74 Å². The van der Waals surface area contributed by atoms with Gasteiger partial charge in [-0.2, -0.15) is 0 Å². The van der Waals surface area contributed by atoms with Crippen molar-refractivity contribution in [2.24, 2.45) is 28.6 Å². The van der Waals surface area contributed by atoms with Crippen LogP contribution in [0.15, 0.2) is 24.3 Å². The first kappa shape index (κ1) is 16.4. The standard InChI is InChI=1S/C22H32O2/c1-20(2,3)22(23,18-7-5-6-8-19(18)24-4)21-12-15-9-16(13-21)11-17(10-15)14-21/h5-8,15-17,23H,9-14H2,1-4H3/t15?,16?,17?,21?,22-/m1/s1. The summed E-state index contributed by atoms with van der Waals surface area (Å²) in [4.78, 5) is 0. The van der Waals surface area contributed by atoms with Gasteiger partial charge in [0.05, 0.1) is 7.11 Å². The number of methoxy groups -OCH3 is 1. The third kappa shape index (κ3) is 2.11. The quantitative estimate of drug-likeness (QED) is 0.832. The maximum atomic E-state index is 12.4. The van der Waals surface area contributed by atoms with Crippen molar-refractivity contribution in [1.82, 2.24) is 0 Å². The van der Waals surface area contributed by atoms with Gasteiger partial charge in [0.15, 0.2) is 0 Å². The summed E-state index contributed by atoms with van der Waals surface area (Å²) in [5, 5.41) is 12.4. The highest BCUT2D eigenvalue weighted by atomic mass is 16.5. The molecule has 1 aromatic rings. The monoisotopic (exact) mass is 328 g/mol. The number of aliphatic hydroxyl groups is 1. The van der Waals surface area contributed by atoms with Crippen molar-refractivity contribution in [3.63, 3.8) is 0 Å². The van der Waals surface area contributed by atoms with Crippen molar-refractivity contribution in [3.8, 4) is 5.75 Å². The van der Waals surface area contributed by atoms with Crippen LogP contribution in [0.4, 0.5) is 0 Å². The summed E-state index contributed by atoms with van der Waals surface area (Å²) in [6.45, 7) is 6.62. The Bertz CT molecular complexity index is 592.